The Morgan fingerprint density at radius 1 is 0.840 bits per heavy atom. The van der Waals surface area contributed by atoms with Gasteiger partial charge in [0.25, 0.3) is 0 Å². The molecule has 0 atom stereocenters. The highest BCUT2D eigenvalue weighted by Crippen LogP contribution is 2.44. The van der Waals surface area contributed by atoms with Crippen LogP contribution in [0.15, 0.2) is 0 Å². The highest BCUT2D eigenvalue weighted by Gasteiger charge is 2.40. The lowest BCUT2D eigenvalue weighted by molar-refractivity contribution is -0.244. The lowest BCUT2D eigenvalue weighted by Crippen LogP contribution is -2.44. The summed E-state index contributed by atoms with van der Waals surface area (Å²) in [6.45, 7) is 5.47. The van der Waals surface area contributed by atoms with Crippen LogP contribution in [0.1, 0.15) is 84.5 Å². The lowest BCUT2D eigenvalue weighted by atomic mass is 9.68. The van der Waals surface area contributed by atoms with Crippen LogP contribution < -0.4 is 0 Å². The van der Waals surface area contributed by atoms with Crippen LogP contribution in [0.2, 0.25) is 0 Å². The van der Waals surface area contributed by atoms with Gasteiger partial charge in [0, 0.05) is 5.92 Å². The van der Waals surface area contributed by atoms with Crippen molar-refractivity contribution in [3.05, 3.63) is 0 Å². The first kappa shape index (κ1) is 19.2. The minimum atomic E-state index is -0.412. The van der Waals surface area contributed by atoms with E-state index in [1.54, 1.807) is 0 Å². The number of hydrogen-bond acceptors (Lipinski definition) is 3. The van der Waals surface area contributed by atoms with Crippen LogP contribution in [0.4, 0.5) is 0 Å². The van der Waals surface area contributed by atoms with Gasteiger partial charge in [0.2, 0.25) is 0 Å². The van der Waals surface area contributed by atoms with E-state index in [2.05, 4.69) is 19.9 Å². The van der Waals surface area contributed by atoms with Crippen LogP contribution in [0, 0.1) is 40.4 Å². The van der Waals surface area contributed by atoms with Gasteiger partial charge in [0.05, 0.1) is 19.3 Å². The Bertz CT molecular complexity index is 433. The smallest absolute Gasteiger partial charge is 0.160 e. The Morgan fingerprint density at radius 2 is 1.36 bits per heavy atom. The van der Waals surface area contributed by atoms with Gasteiger partial charge in [-0.2, -0.15) is 5.26 Å². The monoisotopic (exact) mass is 347 g/mol. The molecule has 3 fully saturated rings. The van der Waals surface area contributed by atoms with Crippen LogP contribution in [0.25, 0.3) is 0 Å². The summed E-state index contributed by atoms with van der Waals surface area (Å²) >= 11 is 0. The molecule has 3 heteroatoms. The van der Waals surface area contributed by atoms with Gasteiger partial charge in [-0.25, -0.2) is 0 Å². The third-order valence-electron chi connectivity index (χ3n) is 7.42. The van der Waals surface area contributed by atoms with Crippen molar-refractivity contribution >= 4 is 0 Å². The summed E-state index contributed by atoms with van der Waals surface area (Å²) in [5.41, 5.74) is -0.412. The summed E-state index contributed by atoms with van der Waals surface area (Å²) < 4.78 is 12.0. The van der Waals surface area contributed by atoms with Crippen molar-refractivity contribution < 1.29 is 9.47 Å². The van der Waals surface area contributed by atoms with Gasteiger partial charge in [-0.15, -0.1) is 0 Å². The topological polar surface area (TPSA) is 42.2 Å². The van der Waals surface area contributed by atoms with E-state index in [0.717, 1.165) is 24.2 Å². The van der Waals surface area contributed by atoms with Crippen molar-refractivity contribution in [2.45, 2.75) is 90.8 Å². The standard InChI is InChI=1S/C22H37NO2/c1-3-5-17-6-8-18(9-7-17)19-10-12-20(13-11-19)21-24-15-22(4-2,14-23)16-25-21/h17-21H,3-13,15-16H2,1-2H3. The predicted molar refractivity (Wildman–Crippen MR) is 99.8 cm³/mol. The zero-order valence-electron chi connectivity index (χ0n) is 16.3. The summed E-state index contributed by atoms with van der Waals surface area (Å²) in [4.78, 5) is 0. The van der Waals surface area contributed by atoms with Crippen LogP contribution in [0.5, 0.6) is 0 Å². The highest BCUT2D eigenvalue weighted by atomic mass is 16.7. The molecule has 1 heterocycles. The van der Waals surface area contributed by atoms with E-state index in [4.69, 9.17) is 9.47 Å². The van der Waals surface area contributed by atoms with E-state index in [0.29, 0.717) is 19.1 Å². The minimum absolute atomic E-state index is 0.0609. The molecule has 3 aliphatic rings. The molecule has 0 spiro atoms. The molecule has 0 radical (unpaired) electrons. The summed E-state index contributed by atoms with van der Waals surface area (Å²) in [6.07, 6.45) is 14.6. The van der Waals surface area contributed by atoms with Crippen molar-refractivity contribution in [3.63, 3.8) is 0 Å². The summed E-state index contributed by atoms with van der Waals surface area (Å²) in [5.74, 6) is 3.48. The van der Waals surface area contributed by atoms with Crippen molar-refractivity contribution in [2.75, 3.05) is 13.2 Å². The largest absolute Gasteiger partial charge is 0.351 e. The Balaban J connectivity index is 1.40. The zero-order chi connectivity index (χ0) is 17.7. The molecule has 1 saturated heterocycles. The fourth-order valence-electron chi connectivity index (χ4n) is 5.44. The summed E-state index contributed by atoms with van der Waals surface area (Å²) in [5, 5.41) is 9.36. The molecule has 1 aliphatic heterocycles. The molecule has 0 amide bonds. The molecule has 25 heavy (non-hydrogen) atoms. The molecular weight excluding hydrogens is 310 g/mol. The van der Waals surface area contributed by atoms with E-state index in [9.17, 15) is 5.26 Å². The first-order valence-electron chi connectivity index (χ1n) is 10.8. The number of hydrogen-bond donors (Lipinski definition) is 0. The van der Waals surface area contributed by atoms with Gasteiger partial charge in [-0.3, -0.25) is 0 Å². The molecule has 3 nitrogen and oxygen atoms in total. The van der Waals surface area contributed by atoms with Crippen molar-refractivity contribution in [3.8, 4) is 6.07 Å². The quantitative estimate of drug-likeness (QED) is 0.641. The Kier molecular flexibility index (Phi) is 6.80. The summed E-state index contributed by atoms with van der Waals surface area (Å²) in [7, 11) is 0. The zero-order valence-corrected chi connectivity index (χ0v) is 16.3. The third-order valence-corrected chi connectivity index (χ3v) is 7.42. The van der Waals surface area contributed by atoms with E-state index in [-0.39, 0.29) is 6.29 Å². The number of nitrogens with zero attached hydrogens (tertiary/aromatic N) is 1. The molecule has 0 bridgehead atoms. The van der Waals surface area contributed by atoms with Crippen molar-refractivity contribution in [1.29, 1.82) is 5.26 Å². The molecule has 0 N–H and O–H groups in total. The minimum Gasteiger partial charge on any atom is -0.351 e. The van der Waals surface area contributed by atoms with Crippen molar-refractivity contribution in [2.24, 2.45) is 29.1 Å². The number of nitriles is 1. The van der Waals surface area contributed by atoms with Crippen molar-refractivity contribution in [1.82, 2.24) is 0 Å². The maximum absolute atomic E-state index is 9.36. The highest BCUT2D eigenvalue weighted by molar-refractivity contribution is 5.00. The number of rotatable bonds is 5. The van der Waals surface area contributed by atoms with E-state index >= 15 is 0 Å². The van der Waals surface area contributed by atoms with Crippen LogP contribution in [-0.2, 0) is 9.47 Å². The maximum Gasteiger partial charge on any atom is 0.160 e. The van der Waals surface area contributed by atoms with Gasteiger partial charge >= 0.3 is 0 Å². The fraction of sp³-hybridized carbons (Fsp3) is 0.955. The van der Waals surface area contributed by atoms with Gasteiger partial charge in [-0.1, -0.05) is 39.5 Å². The van der Waals surface area contributed by atoms with E-state index in [1.165, 1.54) is 64.2 Å². The van der Waals surface area contributed by atoms with E-state index in [1.807, 2.05) is 0 Å². The van der Waals surface area contributed by atoms with Gasteiger partial charge in [-0.05, 0) is 62.7 Å². The average molecular weight is 348 g/mol. The Hall–Kier alpha value is -0.590. The third kappa shape index (κ3) is 4.58. The second-order valence-corrected chi connectivity index (χ2v) is 8.98. The second-order valence-electron chi connectivity index (χ2n) is 8.98. The van der Waals surface area contributed by atoms with E-state index < -0.39 is 5.41 Å². The van der Waals surface area contributed by atoms with Crippen LogP contribution in [-0.4, -0.2) is 19.5 Å². The molecule has 2 aliphatic carbocycles. The lowest BCUT2D eigenvalue weighted by Gasteiger charge is -2.42. The number of ether oxygens (including phenoxy) is 2. The Morgan fingerprint density at radius 3 is 1.84 bits per heavy atom. The molecule has 142 valence electrons. The van der Waals surface area contributed by atoms with Crippen LogP contribution >= 0.6 is 0 Å². The van der Waals surface area contributed by atoms with Gasteiger partial charge in [0.15, 0.2) is 6.29 Å². The molecule has 0 aromatic rings. The Labute approximate surface area is 154 Å². The first-order valence-corrected chi connectivity index (χ1v) is 10.8. The van der Waals surface area contributed by atoms with Crippen LogP contribution in [0.3, 0.4) is 0 Å². The summed E-state index contributed by atoms with van der Waals surface area (Å²) in [6, 6.07) is 2.40. The maximum atomic E-state index is 9.36. The average Bonchev–Trinajstić information content (AvgIpc) is 2.69. The molecule has 0 aromatic heterocycles. The fourth-order valence-corrected chi connectivity index (χ4v) is 5.44. The normalized spacial score (nSPS) is 42.7. The second kappa shape index (κ2) is 8.87. The first-order chi connectivity index (χ1) is 12.2. The molecule has 0 aromatic carbocycles. The van der Waals surface area contributed by atoms with Gasteiger partial charge < -0.3 is 9.47 Å². The molecular formula is C22H37NO2. The molecule has 0 unspecified atom stereocenters. The predicted octanol–water partition coefficient (Wildman–Crippen LogP) is 5.69. The van der Waals surface area contributed by atoms with Gasteiger partial charge in [0.1, 0.15) is 5.41 Å². The SMILES string of the molecule is CCCC1CCC(C2CCC(C3OCC(C#N)(CC)CO3)CC2)CC1. The molecule has 3 rings (SSSR count). The molecule has 2 saturated carbocycles.